The van der Waals surface area contributed by atoms with Crippen LogP contribution in [0.5, 0.6) is 11.6 Å². The average Bonchev–Trinajstić information content (AvgIpc) is 2.81. The van der Waals surface area contributed by atoms with Gasteiger partial charge in [0, 0.05) is 17.2 Å². The summed E-state index contributed by atoms with van der Waals surface area (Å²) in [7, 11) is 1.84. The van der Waals surface area contributed by atoms with Crippen LogP contribution in [0.3, 0.4) is 0 Å². The molecule has 0 spiro atoms. The van der Waals surface area contributed by atoms with Crippen LogP contribution in [0, 0.1) is 5.82 Å². The van der Waals surface area contributed by atoms with Crippen LogP contribution in [0.4, 0.5) is 4.39 Å². The molecule has 6 heteroatoms. The molecular weight excluding hydrogens is 337 g/mol. The summed E-state index contributed by atoms with van der Waals surface area (Å²) in [4.78, 5) is 4.41. The largest absolute Gasteiger partial charge is 0.434 e. The third-order valence-corrected chi connectivity index (χ3v) is 3.53. The molecule has 108 valence electrons. The van der Waals surface area contributed by atoms with Crippen molar-refractivity contribution in [2.24, 2.45) is 0 Å². The highest BCUT2D eigenvalue weighted by molar-refractivity contribution is 9.10. The van der Waals surface area contributed by atoms with Gasteiger partial charge in [0.1, 0.15) is 11.3 Å². The van der Waals surface area contributed by atoms with Gasteiger partial charge in [-0.05, 0) is 37.4 Å². The van der Waals surface area contributed by atoms with Crippen LogP contribution in [-0.4, -0.2) is 16.4 Å². The minimum Gasteiger partial charge on any atom is -0.434 e. The minimum absolute atomic E-state index is 0.152. The first-order chi connectivity index (χ1) is 10.2. The Labute approximate surface area is 129 Å². The summed E-state index contributed by atoms with van der Waals surface area (Å²) in [5.41, 5.74) is 1.60. The first-order valence-corrected chi connectivity index (χ1v) is 7.22. The number of pyridine rings is 1. The van der Waals surface area contributed by atoms with Crippen LogP contribution in [-0.2, 0) is 6.54 Å². The van der Waals surface area contributed by atoms with Gasteiger partial charge in [-0.2, -0.15) is 4.98 Å². The SMILES string of the molecule is CNCc1c(Oc2ccc(Br)cc2F)nc2ccccn12. The topological polar surface area (TPSA) is 38.6 Å². The van der Waals surface area contributed by atoms with E-state index in [1.807, 2.05) is 35.8 Å². The van der Waals surface area contributed by atoms with Crippen molar-refractivity contribution in [1.82, 2.24) is 14.7 Å². The first-order valence-electron chi connectivity index (χ1n) is 6.42. The fourth-order valence-corrected chi connectivity index (χ4v) is 2.43. The van der Waals surface area contributed by atoms with Gasteiger partial charge in [-0.25, -0.2) is 4.39 Å². The first kappa shape index (κ1) is 14.0. The van der Waals surface area contributed by atoms with E-state index in [2.05, 4.69) is 26.2 Å². The molecule has 0 radical (unpaired) electrons. The summed E-state index contributed by atoms with van der Waals surface area (Å²) in [6.45, 7) is 0.568. The number of imidazole rings is 1. The van der Waals surface area contributed by atoms with Crippen molar-refractivity contribution in [1.29, 1.82) is 0 Å². The number of halogens is 2. The van der Waals surface area contributed by atoms with Gasteiger partial charge in [-0.15, -0.1) is 0 Å². The van der Waals surface area contributed by atoms with Gasteiger partial charge in [0.15, 0.2) is 11.6 Å². The normalized spacial score (nSPS) is 11.0. The molecule has 4 nitrogen and oxygen atoms in total. The third-order valence-electron chi connectivity index (χ3n) is 3.04. The van der Waals surface area contributed by atoms with E-state index in [1.54, 1.807) is 12.1 Å². The molecule has 0 aliphatic heterocycles. The number of hydrogen-bond donors (Lipinski definition) is 1. The maximum absolute atomic E-state index is 13.9. The molecule has 0 atom stereocenters. The van der Waals surface area contributed by atoms with Crippen molar-refractivity contribution in [3.63, 3.8) is 0 Å². The highest BCUT2D eigenvalue weighted by Gasteiger charge is 2.15. The Bertz CT molecular complexity index is 788. The molecule has 3 rings (SSSR count). The zero-order valence-electron chi connectivity index (χ0n) is 11.3. The van der Waals surface area contributed by atoms with Crippen LogP contribution >= 0.6 is 15.9 Å². The number of benzene rings is 1. The van der Waals surface area contributed by atoms with E-state index in [0.29, 0.717) is 16.9 Å². The molecule has 2 heterocycles. The van der Waals surface area contributed by atoms with Crippen LogP contribution in [0.15, 0.2) is 47.1 Å². The lowest BCUT2D eigenvalue weighted by Crippen LogP contribution is -2.08. The summed E-state index contributed by atoms with van der Waals surface area (Å²) in [5, 5.41) is 3.07. The predicted octanol–water partition coefficient (Wildman–Crippen LogP) is 3.75. The molecule has 1 aromatic carbocycles. The van der Waals surface area contributed by atoms with Gasteiger partial charge in [-0.3, -0.25) is 4.40 Å². The summed E-state index contributed by atoms with van der Waals surface area (Å²) in [6.07, 6.45) is 1.90. The molecule has 0 bridgehead atoms. The Hall–Kier alpha value is -1.92. The van der Waals surface area contributed by atoms with E-state index >= 15 is 0 Å². The number of aromatic nitrogens is 2. The molecule has 2 aromatic heterocycles. The average molecular weight is 350 g/mol. The summed E-state index contributed by atoms with van der Waals surface area (Å²) >= 11 is 3.22. The predicted molar refractivity (Wildman–Crippen MR) is 82.1 cm³/mol. The van der Waals surface area contributed by atoms with Crippen LogP contribution < -0.4 is 10.1 Å². The number of hydrogen-bond acceptors (Lipinski definition) is 3. The Morgan fingerprint density at radius 2 is 2.19 bits per heavy atom. The van der Waals surface area contributed by atoms with Gasteiger partial charge < -0.3 is 10.1 Å². The second kappa shape index (κ2) is 5.83. The van der Waals surface area contributed by atoms with E-state index in [0.717, 1.165) is 11.3 Å². The number of rotatable bonds is 4. The standard InChI is InChI=1S/C15H13BrFN3O/c1-18-9-12-15(19-14-4-2-3-7-20(12)14)21-13-6-5-10(16)8-11(13)17/h2-8,18H,9H2,1H3. The fraction of sp³-hybridized carbons (Fsp3) is 0.133. The zero-order chi connectivity index (χ0) is 14.8. The Morgan fingerprint density at radius 3 is 2.95 bits per heavy atom. The number of ether oxygens (including phenoxy) is 1. The minimum atomic E-state index is -0.433. The van der Waals surface area contributed by atoms with Crippen LogP contribution in [0.25, 0.3) is 5.65 Å². The molecule has 0 unspecified atom stereocenters. The quantitative estimate of drug-likeness (QED) is 0.779. The van der Waals surface area contributed by atoms with Crippen LogP contribution in [0.1, 0.15) is 5.69 Å². The fourth-order valence-electron chi connectivity index (χ4n) is 2.10. The van der Waals surface area contributed by atoms with Crippen molar-refractivity contribution in [3.8, 4) is 11.6 Å². The van der Waals surface area contributed by atoms with E-state index in [9.17, 15) is 4.39 Å². The lowest BCUT2D eigenvalue weighted by Gasteiger charge is -2.07. The van der Waals surface area contributed by atoms with Crippen molar-refractivity contribution >= 4 is 21.6 Å². The number of nitrogens with zero attached hydrogens (tertiary/aromatic N) is 2. The third kappa shape index (κ3) is 2.77. The molecule has 21 heavy (non-hydrogen) atoms. The Morgan fingerprint density at radius 1 is 1.33 bits per heavy atom. The van der Waals surface area contributed by atoms with Crippen molar-refractivity contribution in [2.45, 2.75) is 6.54 Å². The van der Waals surface area contributed by atoms with Gasteiger partial charge in [0.25, 0.3) is 0 Å². The van der Waals surface area contributed by atoms with Gasteiger partial charge in [0.2, 0.25) is 5.88 Å². The molecule has 0 aliphatic rings. The van der Waals surface area contributed by atoms with Crippen LogP contribution in [0.2, 0.25) is 0 Å². The Balaban J connectivity index is 2.05. The maximum Gasteiger partial charge on any atom is 0.242 e. The Kier molecular flexibility index (Phi) is 3.90. The number of nitrogens with one attached hydrogen (secondary N) is 1. The lowest BCUT2D eigenvalue weighted by atomic mass is 10.3. The number of fused-ring (bicyclic) bond motifs is 1. The van der Waals surface area contributed by atoms with E-state index in [-0.39, 0.29) is 5.75 Å². The monoisotopic (exact) mass is 349 g/mol. The van der Waals surface area contributed by atoms with Gasteiger partial charge in [-0.1, -0.05) is 22.0 Å². The second-order valence-electron chi connectivity index (χ2n) is 4.50. The highest BCUT2D eigenvalue weighted by Crippen LogP contribution is 2.29. The van der Waals surface area contributed by atoms with Gasteiger partial charge in [0.05, 0.1) is 0 Å². The second-order valence-corrected chi connectivity index (χ2v) is 5.42. The zero-order valence-corrected chi connectivity index (χ0v) is 12.9. The molecule has 0 aliphatic carbocycles. The smallest absolute Gasteiger partial charge is 0.242 e. The highest BCUT2D eigenvalue weighted by atomic mass is 79.9. The van der Waals surface area contributed by atoms with Gasteiger partial charge >= 0.3 is 0 Å². The van der Waals surface area contributed by atoms with Crippen molar-refractivity contribution in [2.75, 3.05) is 7.05 Å². The van der Waals surface area contributed by atoms with Crippen molar-refractivity contribution in [3.05, 3.63) is 58.6 Å². The molecule has 0 fully saturated rings. The molecule has 0 saturated carbocycles. The van der Waals surface area contributed by atoms with E-state index in [1.165, 1.54) is 6.07 Å². The maximum atomic E-state index is 13.9. The molecular formula is C15H13BrFN3O. The molecule has 0 saturated heterocycles. The van der Waals surface area contributed by atoms with Crippen molar-refractivity contribution < 1.29 is 9.13 Å². The molecule has 1 N–H and O–H groups in total. The van der Waals surface area contributed by atoms with E-state index in [4.69, 9.17) is 4.74 Å². The van der Waals surface area contributed by atoms with E-state index < -0.39 is 5.82 Å². The summed E-state index contributed by atoms with van der Waals surface area (Å²) in [5.74, 6) is 0.118. The lowest BCUT2D eigenvalue weighted by molar-refractivity contribution is 0.423. The summed E-state index contributed by atoms with van der Waals surface area (Å²) < 4.78 is 22.2. The molecule has 0 amide bonds. The summed E-state index contributed by atoms with van der Waals surface area (Å²) in [6, 6.07) is 10.4. The molecule has 3 aromatic rings.